The van der Waals surface area contributed by atoms with Crippen LogP contribution in [-0.2, 0) is 14.6 Å². The van der Waals surface area contributed by atoms with Gasteiger partial charge in [-0.3, -0.25) is 4.79 Å². The second-order valence-electron chi connectivity index (χ2n) is 4.38. The molecule has 0 bridgehead atoms. The summed E-state index contributed by atoms with van der Waals surface area (Å²) in [6.45, 7) is 2.09. The maximum absolute atomic E-state index is 12.4. The fourth-order valence-corrected chi connectivity index (χ4v) is 4.79. The van der Waals surface area contributed by atoms with Crippen molar-refractivity contribution in [2.24, 2.45) is 16.8 Å². The van der Waals surface area contributed by atoms with Crippen molar-refractivity contribution in [1.29, 1.82) is 0 Å². The lowest BCUT2D eigenvalue weighted by Crippen LogP contribution is -2.53. The van der Waals surface area contributed by atoms with Gasteiger partial charge in [0.05, 0.1) is 5.92 Å². The van der Waals surface area contributed by atoms with Crippen molar-refractivity contribution in [3.8, 4) is 0 Å². The number of oxime groups is 1. The zero-order chi connectivity index (χ0) is 14.6. The third-order valence-corrected chi connectivity index (χ3v) is 5.68. The molecule has 0 aromatic rings. The van der Waals surface area contributed by atoms with E-state index in [1.807, 2.05) is 0 Å². The number of nitrogens with two attached hydrogens (primary N) is 1. The maximum Gasteiger partial charge on any atom is 0.234 e. The summed E-state index contributed by atoms with van der Waals surface area (Å²) in [5.74, 6) is -0.314. The maximum atomic E-state index is 12.4. The first-order valence-electron chi connectivity index (χ1n) is 5.87. The average molecular weight is 309 g/mol. The van der Waals surface area contributed by atoms with Crippen LogP contribution in [0.1, 0.15) is 13.3 Å². The highest BCUT2D eigenvalue weighted by molar-refractivity contribution is 8.00. The number of hydrogen-bond acceptors (Lipinski definition) is 6. The molecule has 110 valence electrons. The molecule has 0 saturated carbocycles. The quantitative estimate of drug-likeness (QED) is 0.319. The molecule has 1 saturated heterocycles. The Morgan fingerprint density at radius 3 is 2.74 bits per heavy atom. The monoisotopic (exact) mass is 309 g/mol. The predicted octanol–water partition coefficient (Wildman–Crippen LogP) is -0.295. The molecule has 1 amide bonds. The Morgan fingerprint density at radius 2 is 2.26 bits per heavy atom. The lowest BCUT2D eigenvalue weighted by molar-refractivity contribution is -0.133. The normalized spacial score (nSPS) is 23.2. The molecule has 1 fully saturated rings. The van der Waals surface area contributed by atoms with Gasteiger partial charge in [-0.1, -0.05) is 12.1 Å². The molecule has 0 radical (unpaired) electrons. The molecule has 1 rings (SSSR count). The van der Waals surface area contributed by atoms with Crippen molar-refractivity contribution >= 4 is 33.3 Å². The molecule has 1 heterocycles. The summed E-state index contributed by atoms with van der Waals surface area (Å²) in [6, 6.07) is 0. The fraction of sp³-hybridized carbons (Fsp3) is 0.800. The molecule has 3 N–H and O–H groups in total. The van der Waals surface area contributed by atoms with E-state index in [0.717, 1.165) is 6.26 Å². The van der Waals surface area contributed by atoms with Crippen LogP contribution in [0, 0.1) is 5.92 Å². The standard InChI is InChI=1S/C10H19N3O4S2/c1-3-7(9(11)12-15)10(14)13-4-5-18-6-8(13)19(2,16)17/h7-8,15H,3-6H2,1-2H3,(H2,11,12). The Kier molecular flexibility index (Phi) is 5.48. The van der Waals surface area contributed by atoms with E-state index in [1.54, 1.807) is 6.92 Å². The average Bonchev–Trinajstić information content (AvgIpc) is 2.38. The van der Waals surface area contributed by atoms with Crippen LogP contribution < -0.4 is 5.73 Å². The SMILES string of the molecule is CCC(C(=O)N1CCSCC1S(C)(=O)=O)C(N)=NO. The van der Waals surface area contributed by atoms with Crippen molar-refractivity contribution in [3.63, 3.8) is 0 Å². The van der Waals surface area contributed by atoms with Gasteiger partial charge in [0.1, 0.15) is 5.37 Å². The van der Waals surface area contributed by atoms with E-state index in [1.165, 1.54) is 16.7 Å². The van der Waals surface area contributed by atoms with E-state index in [9.17, 15) is 13.2 Å². The second-order valence-corrected chi connectivity index (χ2v) is 7.73. The molecule has 0 aromatic heterocycles. The Morgan fingerprint density at radius 1 is 1.63 bits per heavy atom. The first-order valence-corrected chi connectivity index (χ1v) is 8.98. The highest BCUT2D eigenvalue weighted by atomic mass is 32.2. The van der Waals surface area contributed by atoms with Crippen LogP contribution in [-0.4, -0.2) is 59.9 Å². The lowest BCUT2D eigenvalue weighted by atomic mass is 10.0. The summed E-state index contributed by atoms with van der Waals surface area (Å²) >= 11 is 1.50. The van der Waals surface area contributed by atoms with Crippen LogP contribution in [0.3, 0.4) is 0 Å². The zero-order valence-electron chi connectivity index (χ0n) is 10.9. The van der Waals surface area contributed by atoms with Crippen molar-refractivity contribution in [2.75, 3.05) is 24.3 Å². The highest BCUT2D eigenvalue weighted by Crippen LogP contribution is 2.23. The first kappa shape index (κ1) is 16.1. The largest absolute Gasteiger partial charge is 0.409 e. The van der Waals surface area contributed by atoms with E-state index in [4.69, 9.17) is 10.9 Å². The van der Waals surface area contributed by atoms with E-state index >= 15 is 0 Å². The minimum atomic E-state index is -3.35. The van der Waals surface area contributed by atoms with Gasteiger partial charge in [-0.15, -0.1) is 0 Å². The molecule has 2 unspecified atom stereocenters. The Balaban J connectivity index is 3.00. The van der Waals surface area contributed by atoms with Gasteiger partial charge in [-0.25, -0.2) is 8.42 Å². The molecule has 2 atom stereocenters. The number of thioether (sulfide) groups is 1. The molecule has 19 heavy (non-hydrogen) atoms. The molecular formula is C10H19N3O4S2. The molecule has 1 aliphatic rings. The molecule has 7 nitrogen and oxygen atoms in total. The van der Waals surface area contributed by atoms with E-state index in [2.05, 4.69) is 5.16 Å². The molecule has 0 aliphatic carbocycles. The van der Waals surface area contributed by atoms with Crippen LogP contribution in [0.5, 0.6) is 0 Å². The van der Waals surface area contributed by atoms with Gasteiger partial charge in [-0.05, 0) is 6.42 Å². The van der Waals surface area contributed by atoms with Gasteiger partial charge >= 0.3 is 0 Å². The van der Waals surface area contributed by atoms with Gasteiger partial charge in [0.15, 0.2) is 15.7 Å². The van der Waals surface area contributed by atoms with Crippen molar-refractivity contribution in [2.45, 2.75) is 18.7 Å². The lowest BCUT2D eigenvalue weighted by Gasteiger charge is -2.35. The fourth-order valence-electron chi connectivity index (χ4n) is 1.97. The van der Waals surface area contributed by atoms with Crippen LogP contribution in [0.2, 0.25) is 0 Å². The summed E-state index contributed by atoms with van der Waals surface area (Å²) in [5.41, 5.74) is 5.49. The summed E-state index contributed by atoms with van der Waals surface area (Å²) in [4.78, 5) is 13.7. The Hall–Kier alpha value is -0.960. The molecule has 9 heteroatoms. The summed E-state index contributed by atoms with van der Waals surface area (Å²) < 4.78 is 23.5. The summed E-state index contributed by atoms with van der Waals surface area (Å²) in [5, 5.41) is 10.7. The van der Waals surface area contributed by atoms with Gasteiger partial charge < -0.3 is 15.8 Å². The second kappa shape index (κ2) is 6.47. The molecule has 1 aliphatic heterocycles. The third-order valence-electron chi connectivity index (χ3n) is 3.04. The molecule has 0 aromatic carbocycles. The zero-order valence-corrected chi connectivity index (χ0v) is 12.6. The van der Waals surface area contributed by atoms with Crippen LogP contribution in [0.4, 0.5) is 0 Å². The van der Waals surface area contributed by atoms with E-state index in [-0.39, 0.29) is 5.84 Å². The first-order chi connectivity index (χ1) is 8.82. The number of rotatable bonds is 4. The summed E-state index contributed by atoms with van der Waals surface area (Å²) in [6.07, 6.45) is 1.48. The van der Waals surface area contributed by atoms with E-state index in [0.29, 0.717) is 24.5 Å². The predicted molar refractivity (Wildman–Crippen MR) is 74.9 cm³/mol. The number of carbonyl (C=O) groups excluding carboxylic acids is 1. The molecule has 0 spiro atoms. The minimum absolute atomic E-state index is 0.182. The Bertz CT molecular complexity index is 463. The van der Waals surface area contributed by atoms with Gasteiger partial charge in [0, 0.05) is 24.3 Å². The third kappa shape index (κ3) is 3.75. The van der Waals surface area contributed by atoms with Crippen LogP contribution in [0.15, 0.2) is 5.16 Å². The number of carbonyl (C=O) groups is 1. The van der Waals surface area contributed by atoms with Gasteiger partial charge in [0.2, 0.25) is 5.91 Å². The highest BCUT2D eigenvalue weighted by Gasteiger charge is 2.37. The van der Waals surface area contributed by atoms with Crippen molar-refractivity contribution < 1.29 is 18.4 Å². The van der Waals surface area contributed by atoms with Crippen molar-refractivity contribution in [3.05, 3.63) is 0 Å². The van der Waals surface area contributed by atoms with Gasteiger partial charge in [0.25, 0.3) is 0 Å². The molecular weight excluding hydrogens is 290 g/mol. The van der Waals surface area contributed by atoms with Gasteiger partial charge in [-0.2, -0.15) is 11.8 Å². The number of amides is 1. The van der Waals surface area contributed by atoms with Crippen LogP contribution >= 0.6 is 11.8 Å². The number of nitrogens with zero attached hydrogens (tertiary/aromatic N) is 2. The van der Waals surface area contributed by atoms with Crippen molar-refractivity contribution in [1.82, 2.24) is 4.90 Å². The Labute approximate surface area is 117 Å². The van der Waals surface area contributed by atoms with E-state index < -0.39 is 27.0 Å². The number of hydrogen-bond donors (Lipinski definition) is 2. The number of amidine groups is 1. The smallest absolute Gasteiger partial charge is 0.234 e. The summed E-state index contributed by atoms with van der Waals surface area (Å²) in [7, 11) is -3.35. The topological polar surface area (TPSA) is 113 Å². The number of sulfone groups is 1. The van der Waals surface area contributed by atoms with Crippen LogP contribution in [0.25, 0.3) is 0 Å². The minimum Gasteiger partial charge on any atom is -0.409 e.